The molecule has 2 aliphatic rings. The first kappa shape index (κ1) is 16.3. The lowest BCUT2D eigenvalue weighted by Gasteiger charge is -2.32. The van der Waals surface area contributed by atoms with Gasteiger partial charge >= 0.3 is 5.97 Å². The maximum Gasteiger partial charge on any atom is 0.307 e. The number of rotatable bonds is 2. The second-order valence-electron chi connectivity index (χ2n) is 7.09. The molecular formula is C17H19N3O4S. The quantitative estimate of drug-likeness (QED) is 0.879. The molecule has 1 saturated carbocycles. The zero-order chi connectivity index (χ0) is 17.9. The molecule has 1 atom stereocenters. The van der Waals surface area contributed by atoms with E-state index in [1.54, 1.807) is 4.90 Å². The third-order valence-electron chi connectivity index (χ3n) is 5.78. The minimum absolute atomic E-state index is 0.0833. The number of piperidine rings is 1. The van der Waals surface area contributed by atoms with Crippen LogP contribution in [0.15, 0.2) is 11.0 Å². The highest BCUT2D eigenvalue weighted by Crippen LogP contribution is 2.59. The molecule has 3 heterocycles. The predicted molar refractivity (Wildman–Crippen MR) is 92.1 cm³/mol. The average Bonchev–Trinajstić information content (AvgIpc) is 3.20. The number of carboxylic acids is 1. The number of carboxylic acid groups (broad SMARTS) is 1. The van der Waals surface area contributed by atoms with E-state index < -0.39 is 5.97 Å². The molecule has 1 spiro atoms. The number of carbonyl (C=O) groups is 2. The summed E-state index contributed by atoms with van der Waals surface area (Å²) in [7, 11) is 0. The van der Waals surface area contributed by atoms with E-state index in [4.69, 9.17) is 5.11 Å². The third kappa shape index (κ3) is 2.38. The number of thiazole rings is 1. The van der Waals surface area contributed by atoms with Crippen molar-refractivity contribution >= 4 is 28.2 Å². The number of aliphatic carboxylic acids is 1. The highest BCUT2D eigenvalue weighted by atomic mass is 32.1. The summed E-state index contributed by atoms with van der Waals surface area (Å²) in [4.78, 5) is 44.2. The smallest absolute Gasteiger partial charge is 0.307 e. The Balaban J connectivity index is 1.57. The number of aryl methyl sites for hydroxylation is 2. The van der Waals surface area contributed by atoms with Gasteiger partial charge in [0, 0.05) is 29.9 Å². The van der Waals surface area contributed by atoms with E-state index in [2.05, 4.69) is 4.98 Å². The van der Waals surface area contributed by atoms with Gasteiger partial charge in [0.05, 0.1) is 5.92 Å². The maximum atomic E-state index is 12.8. The Kier molecular flexibility index (Phi) is 3.50. The standard InChI is InChI=1S/C17H19N3O4S/c1-9-10(2)25-16-18-8-11(14(22)20(9)16)13(21)19-5-3-17(4-6-19)7-12(17)15(23)24/h8,12H,3-7H2,1-2H3,(H,23,24). The van der Waals surface area contributed by atoms with Crippen molar-refractivity contribution in [2.24, 2.45) is 11.3 Å². The van der Waals surface area contributed by atoms with Gasteiger partial charge in [0.15, 0.2) is 4.96 Å². The molecule has 1 aliphatic heterocycles. The van der Waals surface area contributed by atoms with E-state index in [1.165, 1.54) is 21.9 Å². The molecule has 1 saturated heterocycles. The van der Waals surface area contributed by atoms with Crippen LogP contribution in [0.25, 0.3) is 4.96 Å². The second kappa shape index (κ2) is 5.39. The van der Waals surface area contributed by atoms with Gasteiger partial charge < -0.3 is 10.0 Å². The van der Waals surface area contributed by atoms with E-state index in [0.717, 1.165) is 10.6 Å². The largest absolute Gasteiger partial charge is 0.481 e. The Morgan fingerprint density at radius 2 is 2.00 bits per heavy atom. The van der Waals surface area contributed by atoms with E-state index in [0.29, 0.717) is 37.3 Å². The van der Waals surface area contributed by atoms with Gasteiger partial charge in [-0.25, -0.2) is 4.98 Å². The van der Waals surface area contributed by atoms with Crippen LogP contribution >= 0.6 is 11.3 Å². The summed E-state index contributed by atoms with van der Waals surface area (Å²) in [5.74, 6) is -1.32. The Morgan fingerprint density at radius 3 is 2.60 bits per heavy atom. The minimum atomic E-state index is -0.740. The number of likely N-dealkylation sites (tertiary alicyclic amines) is 1. The molecular weight excluding hydrogens is 342 g/mol. The Hall–Kier alpha value is -2.22. The summed E-state index contributed by atoms with van der Waals surface area (Å²) in [6, 6.07) is 0. The first-order valence-electron chi connectivity index (χ1n) is 8.34. The molecule has 25 heavy (non-hydrogen) atoms. The topological polar surface area (TPSA) is 92.0 Å². The molecule has 7 nitrogen and oxygen atoms in total. The van der Waals surface area contributed by atoms with Crippen LogP contribution in [0.4, 0.5) is 0 Å². The van der Waals surface area contributed by atoms with Crippen molar-refractivity contribution in [2.45, 2.75) is 33.1 Å². The molecule has 0 aromatic carbocycles. The number of aromatic nitrogens is 2. The molecule has 2 fully saturated rings. The SMILES string of the molecule is Cc1sc2ncc(C(=O)N3CCC4(CC3)CC4C(=O)O)c(=O)n2c1C. The van der Waals surface area contributed by atoms with Gasteiger partial charge in [0.1, 0.15) is 5.56 Å². The van der Waals surface area contributed by atoms with Gasteiger partial charge in [-0.15, -0.1) is 11.3 Å². The van der Waals surface area contributed by atoms with Crippen LogP contribution < -0.4 is 5.56 Å². The molecule has 8 heteroatoms. The molecule has 1 unspecified atom stereocenters. The van der Waals surface area contributed by atoms with Crippen LogP contribution in [0.1, 0.15) is 40.2 Å². The second-order valence-corrected chi connectivity index (χ2v) is 8.27. The van der Waals surface area contributed by atoms with Crippen molar-refractivity contribution in [3.63, 3.8) is 0 Å². The lowest BCUT2D eigenvalue weighted by Crippen LogP contribution is -2.42. The molecule has 1 N–H and O–H groups in total. The van der Waals surface area contributed by atoms with Crippen LogP contribution in [-0.2, 0) is 4.79 Å². The first-order chi connectivity index (χ1) is 11.8. The molecule has 1 aliphatic carbocycles. The van der Waals surface area contributed by atoms with Gasteiger partial charge in [-0.1, -0.05) is 0 Å². The lowest BCUT2D eigenvalue weighted by atomic mass is 9.90. The van der Waals surface area contributed by atoms with E-state index in [9.17, 15) is 14.4 Å². The zero-order valence-corrected chi connectivity index (χ0v) is 14.9. The fourth-order valence-corrected chi connectivity index (χ4v) is 4.83. The number of amides is 1. The Bertz CT molecular complexity index is 953. The van der Waals surface area contributed by atoms with Crippen LogP contribution in [0.2, 0.25) is 0 Å². The number of carbonyl (C=O) groups excluding carboxylic acids is 1. The Morgan fingerprint density at radius 1 is 1.32 bits per heavy atom. The van der Waals surface area contributed by atoms with Crippen molar-refractivity contribution in [1.82, 2.24) is 14.3 Å². The van der Waals surface area contributed by atoms with Crippen LogP contribution in [-0.4, -0.2) is 44.4 Å². The van der Waals surface area contributed by atoms with Gasteiger partial charge in [-0.2, -0.15) is 0 Å². The highest BCUT2D eigenvalue weighted by molar-refractivity contribution is 7.17. The summed E-state index contributed by atoms with van der Waals surface area (Å²) in [6.07, 6.45) is 3.44. The predicted octanol–water partition coefficient (Wildman–Crippen LogP) is 1.70. The summed E-state index contributed by atoms with van der Waals surface area (Å²) in [6.45, 7) is 4.76. The fourth-order valence-electron chi connectivity index (χ4n) is 3.90. The van der Waals surface area contributed by atoms with Crippen LogP contribution in [0, 0.1) is 25.2 Å². The van der Waals surface area contributed by atoms with Gasteiger partial charge in [-0.05, 0) is 38.5 Å². The molecule has 0 bridgehead atoms. The monoisotopic (exact) mass is 361 g/mol. The summed E-state index contributed by atoms with van der Waals surface area (Å²) < 4.78 is 1.50. The van der Waals surface area contributed by atoms with Gasteiger partial charge in [0.2, 0.25) is 0 Å². The summed E-state index contributed by atoms with van der Waals surface area (Å²) >= 11 is 1.43. The summed E-state index contributed by atoms with van der Waals surface area (Å²) in [5, 5.41) is 9.16. The van der Waals surface area contributed by atoms with Crippen molar-refractivity contribution in [1.29, 1.82) is 0 Å². The van der Waals surface area contributed by atoms with Crippen molar-refractivity contribution in [3.8, 4) is 0 Å². The average molecular weight is 361 g/mol. The van der Waals surface area contributed by atoms with Gasteiger partial charge in [0.25, 0.3) is 11.5 Å². The minimum Gasteiger partial charge on any atom is -0.481 e. The van der Waals surface area contributed by atoms with E-state index in [-0.39, 0.29) is 28.4 Å². The number of hydrogen-bond acceptors (Lipinski definition) is 5. The molecule has 2 aromatic rings. The van der Waals surface area contributed by atoms with E-state index in [1.807, 2.05) is 13.8 Å². The van der Waals surface area contributed by atoms with Crippen molar-refractivity contribution in [3.05, 3.63) is 32.7 Å². The zero-order valence-electron chi connectivity index (χ0n) is 14.1. The van der Waals surface area contributed by atoms with Crippen LogP contribution in [0.5, 0.6) is 0 Å². The first-order valence-corrected chi connectivity index (χ1v) is 9.15. The van der Waals surface area contributed by atoms with E-state index >= 15 is 0 Å². The summed E-state index contributed by atoms with van der Waals surface area (Å²) in [5.41, 5.74) is 0.430. The maximum absolute atomic E-state index is 12.8. The lowest BCUT2D eigenvalue weighted by molar-refractivity contribution is -0.139. The highest BCUT2D eigenvalue weighted by Gasteiger charge is 2.59. The van der Waals surface area contributed by atoms with Crippen LogP contribution in [0.3, 0.4) is 0 Å². The number of nitrogens with zero attached hydrogens (tertiary/aromatic N) is 3. The normalized spacial score (nSPS) is 21.7. The Labute approximate surface area is 147 Å². The molecule has 132 valence electrons. The molecule has 1 amide bonds. The molecule has 4 rings (SSSR count). The van der Waals surface area contributed by atoms with Crippen molar-refractivity contribution in [2.75, 3.05) is 13.1 Å². The fraction of sp³-hybridized carbons (Fsp3) is 0.529. The third-order valence-corrected chi connectivity index (χ3v) is 6.85. The molecule has 2 aromatic heterocycles. The number of fused-ring (bicyclic) bond motifs is 1. The van der Waals surface area contributed by atoms with Gasteiger partial charge in [-0.3, -0.25) is 18.8 Å². The molecule has 0 radical (unpaired) electrons. The van der Waals surface area contributed by atoms with Crippen molar-refractivity contribution < 1.29 is 14.7 Å². The number of hydrogen-bond donors (Lipinski definition) is 1.